The predicted octanol–water partition coefficient (Wildman–Crippen LogP) is 1.72. The lowest BCUT2D eigenvalue weighted by molar-refractivity contribution is 0.0207. The Balaban J connectivity index is 2.42. The van der Waals surface area contributed by atoms with Crippen molar-refractivity contribution in [2.24, 2.45) is 4.99 Å². The molecule has 0 saturated carbocycles. The van der Waals surface area contributed by atoms with Crippen molar-refractivity contribution in [3.8, 4) is 0 Å². The van der Waals surface area contributed by atoms with Crippen LogP contribution in [0.15, 0.2) is 4.99 Å². The molecule has 90 valence electrons. The van der Waals surface area contributed by atoms with Crippen molar-refractivity contribution in [2.75, 3.05) is 13.1 Å². The summed E-state index contributed by atoms with van der Waals surface area (Å²) in [4.78, 5) is 27.1. The Morgan fingerprint density at radius 3 is 2.38 bits per heavy atom. The molecule has 1 saturated heterocycles. The number of rotatable bonds is 1. The van der Waals surface area contributed by atoms with E-state index in [4.69, 9.17) is 4.74 Å². The van der Waals surface area contributed by atoms with E-state index in [0.29, 0.717) is 25.9 Å². The highest BCUT2D eigenvalue weighted by molar-refractivity contribution is 5.68. The second-order valence-electron chi connectivity index (χ2n) is 4.92. The van der Waals surface area contributed by atoms with Gasteiger partial charge >= 0.3 is 6.09 Å². The van der Waals surface area contributed by atoms with Crippen LogP contribution in [0.2, 0.25) is 0 Å². The summed E-state index contributed by atoms with van der Waals surface area (Å²) in [6.45, 7) is 6.70. The standard InChI is InChI=1S/C11H18N2O3/c1-11(2,3)16-10(15)13-6-4-9(5-7-13)12-8-14/h9H,4-7H2,1-3H3. The van der Waals surface area contributed by atoms with Crippen LogP contribution in [0.1, 0.15) is 33.6 Å². The van der Waals surface area contributed by atoms with Gasteiger partial charge in [-0.3, -0.25) is 0 Å². The van der Waals surface area contributed by atoms with Crippen LogP contribution in [0.4, 0.5) is 4.79 Å². The molecule has 0 spiro atoms. The molecular weight excluding hydrogens is 208 g/mol. The quantitative estimate of drug-likeness (QED) is 0.505. The molecule has 0 unspecified atom stereocenters. The summed E-state index contributed by atoms with van der Waals surface area (Å²) in [5, 5.41) is 0. The topological polar surface area (TPSA) is 59.0 Å². The zero-order chi connectivity index (χ0) is 12.2. The van der Waals surface area contributed by atoms with E-state index in [1.54, 1.807) is 11.0 Å². The van der Waals surface area contributed by atoms with Gasteiger partial charge in [-0.1, -0.05) is 0 Å². The number of carbonyl (C=O) groups excluding carboxylic acids is 2. The molecule has 1 aliphatic heterocycles. The average Bonchev–Trinajstić information content (AvgIpc) is 2.16. The second kappa shape index (κ2) is 5.12. The Labute approximate surface area is 95.5 Å². The highest BCUT2D eigenvalue weighted by Gasteiger charge is 2.26. The molecule has 5 nitrogen and oxygen atoms in total. The summed E-state index contributed by atoms with van der Waals surface area (Å²) < 4.78 is 5.25. The minimum Gasteiger partial charge on any atom is -0.444 e. The normalized spacial score (nSPS) is 17.8. The van der Waals surface area contributed by atoms with Crippen LogP contribution in [-0.4, -0.2) is 41.8 Å². The number of amides is 1. The van der Waals surface area contributed by atoms with Gasteiger partial charge < -0.3 is 9.64 Å². The molecule has 16 heavy (non-hydrogen) atoms. The zero-order valence-electron chi connectivity index (χ0n) is 10.0. The smallest absolute Gasteiger partial charge is 0.410 e. The van der Waals surface area contributed by atoms with Gasteiger partial charge in [0.15, 0.2) is 0 Å². The van der Waals surface area contributed by atoms with Gasteiger partial charge in [-0.05, 0) is 33.6 Å². The van der Waals surface area contributed by atoms with Crippen molar-refractivity contribution in [1.82, 2.24) is 4.90 Å². The number of nitrogens with zero attached hydrogens (tertiary/aromatic N) is 2. The lowest BCUT2D eigenvalue weighted by atomic mass is 10.1. The minimum absolute atomic E-state index is 0.0104. The summed E-state index contributed by atoms with van der Waals surface area (Å²) >= 11 is 0. The first kappa shape index (κ1) is 12.7. The van der Waals surface area contributed by atoms with Crippen molar-refractivity contribution in [1.29, 1.82) is 0 Å². The van der Waals surface area contributed by atoms with E-state index in [1.807, 2.05) is 20.8 Å². The molecule has 1 amide bonds. The maximum absolute atomic E-state index is 11.7. The molecule has 0 aromatic heterocycles. The molecule has 1 fully saturated rings. The lowest BCUT2D eigenvalue weighted by Crippen LogP contribution is -2.42. The van der Waals surface area contributed by atoms with Gasteiger partial charge in [0.2, 0.25) is 6.08 Å². The fourth-order valence-corrected chi connectivity index (χ4v) is 1.58. The average molecular weight is 226 g/mol. The Kier molecular flexibility index (Phi) is 4.07. The van der Waals surface area contributed by atoms with Crippen molar-refractivity contribution in [2.45, 2.75) is 45.3 Å². The molecule has 0 aliphatic carbocycles. The number of aliphatic imine (C=N–C) groups is 1. The summed E-state index contributed by atoms with van der Waals surface area (Å²) in [6.07, 6.45) is 2.68. The van der Waals surface area contributed by atoms with E-state index in [0.717, 1.165) is 0 Å². The van der Waals surface area contributed by atoms with Gasteiger partial charge in [0, 0.05) is 13.1 Å². The first-order valence-corrected chi connectivity index (χ1v) is 5.47. The number of hydrogen-bond donors (Lipinski definition) is 0. The number of ether oxygens (including phenoxy) is 1. The van der Waals surface area contributed by atoms with Crippen LogP contribution >= 0.6 is 0 Å². The van der Waals surface area contributed by atoms with E-state index in [2.05, 4.69) is 4.99 Å². The summed E-state index contributed by atoms with van der Waals surface area (Å²) in [5.41, 5.74) is -0.463. The fourth-order valence-electron chi connectivity index (χ4n) is 1.58. The number of hydrogen-bond acceptors (Lipinski definition) is 4. The molecule has 0 aromatic carbocycles. The third-order valence-corrected chi connectivity index (χ3v) is 2.35. The van der Waals surface area contributed by atoms with E-state index >= 15 is 0 Å². The highest BCUT2D eigenvalue weighted by atomic mass is 16.6. The zero-order valence-corrected chi connectivity index (χ0v) is 10.0. The van der Waals surface area contributed by atoms with Crippen molar-refractivity contribution < 1.29 is 14.3 Å². The number of likely N-dealkylation sites (tertiary alicyclic amines) is 1. The lowest BCUT2D eigenvalue weighted by Gasteiger charge is -2.31. The van der Waals surface area contributed by atoms with Crippen LogP contribution in [-0.2, 0) is 9.53 Å². The first-order chi connectivity index (χ1) is 7.42. The Bertz CT molecular complexity index is 295. The Hall–Kier alpha value is -1.35. The summed E-state index contributed by atoms with van der Waals surface area (Å²) in [5.74, 6) is 0. The van der Waals surface area contributed by atoms with E-state index in [1.165, 1.54) is 0 Å². The fraction of sp³-hybridized carbons (Fsp3) is 0.818. The summed E-state index contributed by atoms with van der Waals surface area (Å²) in [7, 11) is 0. The van der Waals surface area contributed by atoms with Gasteiger partial charge in [-0.25, -0.2) is 14.6 Å². The van der Waals surface area contributed by atoms with Crippen molar-refractivity contribution >= 4 is 12.2 Å². The largest absolute Gasteiger partial charge is 0.444 e. The van der Waals surface area contributed by atoms with Gasteiger partial charge in [0.05, 0.1) is 6.04 Å². The molecule has 0 aromatic rings. The minimum atomic E-state index is -0.463. The highest BCUT2D eigenvalue weighted by Crippen LogP contribution is 2.16. The molecule has 0 atom stereocenters. The molecular formula is C11H18N2O3. The molecule has 1 aliphatic rings. The van der Waals surface area contributed by atoms with Crippen LogP contribution in [0.25, 0.3) is 0 Å². The SMILES string of the molecule is CC(C)(C)OC(=O)N1CCC(N=C=O)CC1. The number of carbonyl (C=O) groups is 1. The molecule has 5 heteroatoms. The van der Waals surface area contributed by atoms with E-state index < -0.39 is 5.60 Å². The van der Waals surface area contributed by atoms with Crippen LogP contribution in [0.5, 0.6) is 0 Å². The number of piperidine rings is 1. The van der Waals surface area contributed by atoms with E-state index in [9.17, 15) is 9.59 Å². The maximum atomic E-state index is 11.7. The maximum Gasteiger partial charge on any atom is 0.410 e. The molecule has 0 N–H and O–H groups in total. The van der Waals surface area contributed by atoms with Gasteiger partial charge in [-0.15, -0.1) is 0 Å². The monoisotopic (exact) mass is 226 g/mol. The third kappa shape index (κ3) is 4.03. The predicted molar refractivity (Wildman–Crippen MR) is 59.0 cm³/mol. The molecule has 0 bridgehead atoms. The molecule has 1 rings (SSSR count). The third-order valence-electron chi connectivity index (χ3n) is 2.35. The van der Waals surface area contributed by atoms with Gasteiger partial charge in [0.25, 0.3) is 0 Å². The van der Waals surface area contributed by atoms with Crippen molar-refractivity contribution in [3.05, 3.63) is 0 Å². The summed E-state index contributed by atoms with van der Waals surface area (Å²) in [6, 6.07) is 0.0104. The molecule has 1 heterocycles. The Morgan fingerprint density at radius 1 is 1.38 bits per heavy atom. The second-order valence-corrected chi connectivity index (χ2v) is 4.92. The molecule has 0 radical (unpaired) electrons. The van der Waals surface area contributed by atoms with E-state index in [-0.39, 0.29) is 12.1 Å². The van der Waals surface area contributed by atoms with Crippen molar-refractivity contribution in [3.63, 3.8) is 0 Å². The van der Waals surface area contributed by atoms with Crippen LogP contribution < -0.4 is 0 Å². The van der Waals surface area contributed by atoms with Gasteiger partial charge in [-0.2, -0.15) is 0 Å². The number of isocyanates is 1. The van der Waals surface area contributed by atoms with Crippen LogP contribution in [0.3, 0.4) is 0 Å². The first-order valence-electron chi connectivity index (χ1n) is 5.47. The van der Waals surface area contributed by atoms with Crippen LogP contribution in [0, 0.1) is 0 Å². The Morgan fingerprint density at radius 2 is 1.94 bits per heavy atom. The van der Waals surface area contributed by atoms with Gasteiger partial charge in [0.1, 0.15) is 5.60 Å².